The quantitative estimate of drug-likeness (QED) is 0.762. The van der Waals surface area contributed by atoms with Crippen molar-refractivity contribution < 1.29 is 4.79 Å². The third-order valence-electron chi connectivity index (χ3n) is 3.15. The monoisotopic (exact) mass is 257 g/mol. The third kappa shape index (κ3) is 2.41. The van der Waals surface area contributed by atoms with E-state index in [2.05, 4.69) is 0 Å². The summed E-state index contributed by atoms with van der Waals surface area (Å²) in [6.07, 6.45) is 2.12. The highest BCUT2D eigenvalue weighted by atomic mass is 35.5. The molecule has 2 heterocycles. The van der Waals surface area contributed by atoms with Crippen LogP contribution >= 0.6 is 22.9 Å². The van der Waals surface area contributed by atoms with Crippen LogP contribution in [0.3, 0.4) is 0 Å². The summed E-state index contributed by atoms with van der Waals surface area (Å²) in [6.45, 7) is 3.76. The summed E-state index contributed by atoms with van der Waals surface area (Å²) < 4.78 is 0. The van der Waals surface area contributed by atoms with Gasteiger partial charge in [-0.05, 0) is 42.7 Å². The van der Waals surface area contributed by atoms with Gasteiger partial charge in [0, 0.05) is 19.0 Å². The minimum atomic E-state index is 0.199. The average molecular weight is 258 g/mol. The molecule has 0 N–H and O–H groups in total. The molecule has 2 rings (SSSR count). The van der Waals surface area contributed by atoms with E-state index in [1.54, 1.807) is 11.3 Å². The Morgan fingerprint density at radius 2 is 2.50 bits per heavy atom. The van der Waals surface area contributed by atoms with Crippen molar-refractivity contribution in [1.29, 1.82) is 0 Å². The van der Waals surface area contributed by atoms with Gasteiger partial charge in [-0.15, -0.1) is 22.9 Å². The first-order valence-electron chi connectivity index (χ1n) is 5.61. The van der Waals surface area contributed by atoms with Crippen LogP contribution in [0.15, 0.2) is 11.4 Å². The fourth-order valence-corrected chi connectivity index (χ4v) is 3.34. The highest BCUT2D eigenvalue weighted by Crippen LogP contribution is 2.24. The number of carbonyl (C=O) groups is 1. The molecular formula is C12H16ClNOS. The Morgan fingerprint density at radius 3 is 3.12 bits per heavy atom. The molecule has 1 aliphatic rings. The number of nitrogens with zero attached hydrogens (tertiary/aromatic N) is 1. The molecule has 1 unspecified atom stereocenters. The van der Waals surface area contributed by atoms with Gasteiger partial charge in [-0.1, -0.05) is 0 Å². The summed E-state index contributed by atoms with van der Waals surface area (Å²) >= 11 is 7.27. The zero-order chi connectivity index (χ0) is 11.5. The second-order valence-electron chi connectivity index (χ2n) is 4.32. The molecule has 1 saturated heterocycles. The van der Waals surface area contributed by atoms with Gasteiger partial charge < -0.3 is 4.90 Å². The molecule has 0 saturated carbocycles. The SMILES string of the molecule is Cc1ccsc1C(=O)N1CCC(CCCl)C1. The first-order chi connectivity index (χ1) is 7.72. The van der Waals surface area contributed by atoms with E-state index >= 15 is 0 Å². The molecule has 1 aromatic rings. The number of thiophene rings is 1. The van der Waals surface area contributed by atoms with Crippen LogP contribution in [0.4, 0.5) is 0 Å². The van der Waals surface area contributed by atoms with Gasteiger partial charge in [0.05, 0.1) is 4.88 Å². The van der Waals surface area contributed by atoms with Crippen molar-refractivity contribution >= 4 is 28.8 Å². The van der Waals surface area contributed by atoms with Gasteiger partial charge >= 0.3 is 0 Å². The number of alkyl halides is 1. The Balaban J connectivity index is 2.00. The molecule has 0 radical (unpaired) electrons. The fourth-order valence-electron chi connectivity index (χ4n) is 2.14. The summed E-state index contributed by atoms with van der Waals surface area (Å²) in [7, 11) is 0. The maximum Gasteiger partial charge on any atom is 0.264 e. The van der Waals surface area contributed by atoms with Crippen LogP contribution in [-0.4, -0.2) is 29.8 Å². The largest absolute Gasteiger partial charge is 0.338 e. The zero-order valence-electron chi connectivity index (χ0n) is 9.41. The van der Waals surface area contributed by atoms with E-state index in [-0.39, 0.29) is 5.91 Å². The molecular weight excluding hydrogens is 242 g/mol. The van der Waals surface area contributed by atoms with Gasteiger partial charge in [0.15, 0.2) is 0 Å². The van der Waals surface area contributed by atoms with Crippen LogP contribution in [0.5, 0.6) is 0 Å². The predicted octanol–water partition coefficient (Wildman–Crippen LogP) is 3.15. The Kier molecular flexibility index (Phi) is 3.87. The van der Waals surface area contributed by atoms with E-state index in [0.717, 1.165) is 36.4 Å². The predicted molar refractivity (Wildman–Crippen MR) is 68.4 cm³/mol. The lowest BCUT2D eigenvalue weighted by molar-refractivity contribution is 0.0791. The first-order valence-corrected chi connectivity index (χ1v) is 7.03. The number of carbonyl (C=O) groups excluding carboxylic acids is 1. The van der Waals surface area contributed by atoms with Gasteiger partial charge in [-0.2, -0.15) is 0 Å². The van der Waals surface area contributed by atoms with E-state index in [9.17, 15) is 4.79 Å². The van der Waals surface area contributed by atoms with Crippen LogP contribution in [0.2, 0.25) is 0 Å². The van der Waals surface area contributed by atoms with Gasteiger partial charge in [-0.3, -0.25) is 4.79 Å². The molecule has 0 aliphatic carbocycles. The van der Waals surface area contributed by atoms with Crippen molar-refractivity contribution in [3.63, 3.8) is 0 Å². The van der Waals surface area contributed by atoms with Gasteiger partial charge in [0.2, 0.25) is 0 Å². The zero-order valence-corrected chi connectivity index (χ0v) is 11.0. The van der Waals surface area contributed by atoms with Crippen LogP contribution in [0, 0.1) is 12.8 Å². The van der Waals surface area contributed by atoms with Crippen molar-refractivity contribution in [2.75, 3.05) is 19.0 Å². The number of aryl methyl sites for hydroxylation is 1. The minimum Gasteiger partial charge on any atom is -0.338 e. The maximum absolute atomic E-state index is 12.2. The van der Waals surface area contributed by atoms with Crippen molar-refractivity contribution in [3.8, 4) is 0 Å². The van der Waals surface area contributed by atoms with E-state index in [1.165, 1.54) is 0 Å². The molecule has 1 fully saturated rings. The lowest BCUT2D eigenvalue weighted by atomic mass is 10.1. The van der Waals surface area contributed by atoms with Crippen LogP contribution in [-0.2, 0) is 0 Å². The summed E-state index contributed by atoms with van der Waals surface area (Å²) in [5.74, 6) is 1.50. The first kappa shape index (κ1) is 11.9. The Bertz CT molecular complexity index is 377. The van der Waals surface area contributed by atoms with Gasteiger partial charge in [0.1, 0.15) is 0 Å². The fraction of sp³-hybridized carbons (Fsp3) is 0.583. The molecule has 0 aromatic carbocycles. The number of halogens is 1. The Hall–Kier alpha value is -0.540. The maximum atomic E-state index is 12.2. The van der Waals surface area contributed by atoms with Crippen LogP contribution < -0.4 is 0 Å². The van der Waals surface area contributed by atoms with Crippen molar-refractivity contribution in [2.24, 2.45) is 5.92 Å². The summed E-state index contributed by atoms with van der Waals surface area (Å²) in [6, 6.07) is 2.00. The molecule has 1 atom stereocenters. The summed E-state index contributed by atoms with van der Waals surface area (Å²) in [5.41, 5.74) is 1.09. The second kappa shape index (κ2) is 5.19. The van der Waals surface area contributed by atoms with Crippen molar-refractivity contribution in [3.05, 3.63) is 21.9 Å². The topological polar surface area (TPSA) is 20.3 Å². The van der Waals surface area contributed by atoms with Gasteiger partial charge in [0.25, 0.3) is 5.91 Å². The summed E-state index contributed by atoms with van der Waals surface area (Å²) in [4.78, 5) is 15.0. The molecule has 1 aromatic heterocycles. The van der Waals surface area contributed by atoms with Crippen molar-refractivity contribution in [2.45, 2.75) is 19.8 Å². The highest BCUT2D eigenvalue weighted by Gasteiger charge is 2.27. The molecule has 2 nitrogen and oxygen atoms in total. The molecule has 88 valence electrons. The standard InChI is InChI=1S/C12H16ClNOS/c1-9-4-7-16-11(9)12(15)14-6-3-10(8-14)2-5-13/h4,7,10H,2-3,5-6,8H2,1H3. The number of hydrogen-bond acceptors (Lipinski definition) is 2. The van der Waals surface area contributed by atoms with E-state index in [0.29, 0.717) is 11.8 Å². The van der Waals surface area contributed by atoms with Crippen LogP contribution in [0.25, 0.3) is 0 Å². The molecule has 16 heavy (non-hydrogen) atoms. The summed E-state index contributed by atoms with van der Waals surface area (Å²) in [5, 5.41) is 1.98. The highest BCUT2D eigenvalue weighted by molar-refractivity contribution is 7.12. The number of rotatable bonds is 3. The molecule has 0 bridgehead atoms. The van der Waals surface area contributed by atoms with Crippen LogP contribution in [0.1, 0.15) is 28.1 Å². The Morgan fingerprint density at radius 1 is 1.69 bits per heavy atom. The molecule has 0 spiro atoms. The van der Waals surface area contributed by atoms with Crippen molar-refractivity contribution in [1.82, 2.24) is 4.90 Å². The third-order valence-corrected chi connectivity index (χ3v) is 4.37. The van der Waals surface area contributed by atoms with E-state index < -0.39 is 0 Å². The molecule has 1 aliphatic heterocycles. The average Bonchev–Trinajstić information content (AvgIpc) is 2.87. The minimum absolute atomic E-state index is 0.199. The number of amides is 1. The molecule has 4 heteroatoms. The Labute approximate surface area is 105 Å². The number of hydrogen-bond donors (Lipinski definition) is 0. The lowest BCUT2D eigenvalue weighted by Gasteiger charge is -2.15. The smallest absolute Gasteiger partial charge is 0.264 e. The normalized spacial score (nSPS) is 20.4. The van der Waals surface area contributed by atoms with E-state index in [4.69, 9.17) is 11.6 Å². The lowest BCUT2D eigenvalue weighted by Crippen LogP contribution is -2.28. The van der Waals surface area contributed by atoms with Gasteiger partial charge in [-0.25, -0.2) is 0 Å². The number of likely N-dealkylation sites (tertiary alicyclic amines) is 1. The van der Waals surface area contributed by atoms with E-state index in [1.807, 2.05) is 23.3 Å². The molecule has 1 amide bonds. The second-order valence-corrected chi connectivity index (χ2v) is 5.61.